The first-order valence-electron chi connectivity index (χ1n) is 10.1. The number of hydrogen-bond donors (Lipinski definition) is 2. The maximum Gasteiger partial charge on any atom is 0.323 e. The number of carboxylic acid groups (broad SMARTS) is 1. The van der Waals surface area contributed by atoms with E-state index in [0.717, 1.165) is 27.5 Å². The van der Waals surface area contributed by atoms with Crippen molar-refractivity contribution in [2.45, 2.75) is 13.1 Å². The van der Waals surface area contributed by atoms with Gasteiger partial charge in [0.15, 0.2) is 0 Å². The summed E-state index contributed by atoms with van der Waals surface area (Å²) in [5, 5.41) is 14.4. The number of para-hydroxylation sites is 1. The topological polar surface area (TPSA) is 97.4 Å². The zero-order valence-corrected chi connectivity index (χ0v) is 17.0. The fraction of sp³-hybridized carbons (Fsp3) is 0.0800. The number of benzene rings is 3. The van der Waals surface area contributed by atoms with Gasteiger partial charge in [-0.05, 0) is 23.8 Å². The van der Waals surface area contributed by atoms with Gasteiger partial charge in [0.1, 0.15) is 29.2 Å². The Morgan fingerprint density at radius 2 is 1.72 bits per heavy atom. The molecule has 32 heavy (non-hydrogen) atoms. The SMILES string of the molecule is O=C(O)Cn1c(-c2ccccc2)ncc(NCc2ccc3oc4ccccc4c3c2)c1=O. The van der Waals surface area contributed by atoms with Crippen molar-refractivity contribution in [2.75, 3.05) is 5.32 Å². The fourth-order valence-corrected chi connectivity index (χ4v) is 3.79. The number of hydrogen-bond acceptors (Lipinski definition) is 5. The Morgan fingerprint density at radius 1 is 0.969 bits per heavy atom. The van der Waals surface area contributed by atoms with E-state index in [-0.39, 0.29) is 5.69 Å². The summed E-state index contributed by atoms with van der Waals surface area (Å²) < 4.78 is 7.03. The van der Waals surface area contributed by atoms with Crippen LogP contribution in [0.1, 0.15) is 5.56 Å². The van der Waals surface area contributed by atoms with Crippen molar-refractivity contribution >= 4 is 33.6 Å². The molecule has 7 nitrogen and oxygen atoms in total. The number of aliphatic carboxylic acids is 1. The van der Waals surface area contributed by atoms with Gasteiger partial charge in [0.05, 0.1) is 6.20 Å². The van der Waals surface area contributed by atoms with Crippen molar-refractivity contribution < 1.29 is 14.3 Å². The van der Waals surface area contributed by atoms with Gasteiger partial charge in [-0.2, -0.15) is 0 Å². The molecule has 2 aromatic heterocycles. The van der Waals surface area contributed by atoms with Gasteiger partial charge in [-0.25, -0.2) is 4.98 Å². The average molecular weight is 425 g/mol. The third-order valence-electron chi connectivity index (χ3n) is 5.30. The van der Waals surface area contributed by atoms with Gasteiger partial charge < -0.3 is 14.8 Å². The lowest BCUT2D eigenvalue weighted by molar-refractivity contribution is -0.137. The molecule has 5 rings (SSSR count). The Kier molecular flexibility index (Phi) is 4.91. The maximum absolute atomic E-state index is 13.0. The van der Waals surface area contributed by atoms with E-state index in [1.165, 1.54) is 10.8 Å². The normalized spacial score (nSPS) is 11.1. The Morgan fingerprint density at radius 3 is 2.53 bits per heavy atom. The zero-order valence-electron chi connectivity index (χ0n) is 17.0. The van der Waals surface area contributed by atoms with Crippen molar-refractivity contribution in [1.82, 2.24) is 9.55 Å². The average Bonchev–Trinajstić information content (AvgIpc) is 3.18. The van der Waals surface area contributed by atoms with E-state index in [1.807, 2.05) is 60.7 Å². The first-order valence-corrected chi connectivity index (χ1v) is 10.1. The third kappa shape index (κ3) is 3.60. The highest BCUT2D eigenvalue weighted by molar-refractivity contribution is 6.05. The maximum atomic E-state index is 13.0. The lowest BCUT2D eigenvalue weighted by Crippen LogP contribution is -2.28. The first kappa shape index (κ1) is 19.6. The second-order valence-electron chi connectivity index (χ2n) is 7.43. The van der Waals surface area contributed by atoms with E-state index in [9.17, 15) is 14.7 Å². The molecule has 0 bridgehead atoms. The van der Waals surface area contributed by atoms with Gasteiger partial charge in [0.2, 0.25) is 0 Å². The van der Waals surface area contributed by atoms with Crippen LogP contribution >= 0.6 is 0 Å². The fourth-order valence-electron chi connectivity index (χ4n) is 3.79. The summed E-state index contributed by atoms with van der Waals surface area (Å²) >= 11 is 0. The number of carboxylic acids is 1. The first-order chi connectivity index (χ1) is 15.6. The van der Waals surface area contributed by atoms with E-state index in [4.69, 9.17) is 4.42 Å². The zero-order chi connectivity index (χ0) is 22.1. The summed E-state index contributed by atoms with van der Waals surface area (Å²) in [6.45, 7) is -0.0946. The minimum absolute atomic E-state index is 0.239. The molecule has 0 amide bonds. The number of rotatable bonds is 6. The molecule has 0 aliphatic heterocycles. The predicted octanol–water partition coefficient (Wildman–Crippen LogP) is 4.51. The molecule has 0 aliphatic rings. The molecule has 158 valence electrons. The van der Waals surface area contributed by atoms with Crippen molar-refractivity contribution in [3.63, 3.8) is 0 Å². The number of anilines is 1. The number of nitrogens with one attached hydrogen (secondary N) is 1. The molecule has 0 saturated heterocycles. The van der Waals surface area contributed by atoms with E-state index in [2.05, 4.69) is 10.3 Å². The molecular weight excluding hydrogens is 406 g/mol. The van der Waals surface area contributed by atoms with E-state index < -0.39 is 18.1 Å². The van der Waals surface area contributed by atoms with Crippen molar-refractivity contribution in [3.8, 4) is 11.4 Å². The van der Waals surface area contributed by atoms with Crippen molar-refractivity contribution in [1.29, 1.82) is 0 Å². The van der Waals surface area contributed by atoms with Gasteiger partial charge in [-0.3, -0.25) is 14.2 Å². The predicted molar refractivity (Wildman–Crippen MR) is 123 cm³/mol. The van der Waals surface area contributed by atoms with Crippen molar-refractivity contribution in [3.05, 3.63) is 94.9 Å². The molecule has 2 N–H and O–H groups in total. The van der Waals surface area contributed by atoms with E-state index in [0.29, 0.717) is 17.9 Å². The standard InChI is InChI=1S/C25H19N3O4/c29-23(30)15-28-24(17-6-2-1-3-7-17)27-14-20(25(28)31)26-13-16-10-11-22-19(12-16)18-8-4-5-9-21(18)32-22/h1-12,14,26H,13,15H2,(H,29,30). The summed E-state index contributed by atoms with van der Waals surface area (Å²) in [7, 11) is 0. The van der Waals surface area contributed by atoms with Crippen LogP contribution < -0.4 is 10.9 Å². The van der Waals surface area contributed by atoms with E-state index >= 15 is 0 Å². The number of carbonyl (C=O) groups is 1. The molecule has 0 atom stereocenters. The minimum atomic E-state index is -1.11. The van der Waals surface area contributed by atoms with Crippen LogP contribution in [0.25, 0.3) is 33.3 Å². The smallest absolute Gasteiger partial charge is 0.323 e. The number of nitrogens with zero attached hydrogens (tertiary/aromatic N) is 2. The van der Waals surface area contributed by atoms with Gasteiger partial charge >= 0.3 is 5.97 Å². The van der Waals surface area contributed by atoms with Crippen LogP contribution in [0.5, 0.6) is 0 Å². The molecule has 3 aromatic carbocycles. The number of aromatic nitrogens is 2. The highest BCUT2D eigenvalue weighted by Crippen LogP contribution is 2.29. The number of furan rings is 1. The Labute approximate surface area is 182 Å². The second kappa shape index (κ2) is 8.03. The molecule has 0 fully saturated rings. The molecule has 5 aromatic rings. The Balaban J connectivity index is 1.47. The Bertz CT molecular complexity index is 1500. The minimum Gasteiger partial charge on any atom is -0.480 e. The Hall–Kier alpha value is -4.39. The molecule has 0 aliphatic carbocycles. The quantitative estimate of drug-likeness (QED) is 0.416. The van der Waals surface area contributed by atoms with Crippen LogP contribution in [0.2, 0.25) is 0 Å². The van der Waals surface area contributed by atoms with E-state index in [1.54, 1.807) is 12.1 Å². The summed E-state index contributed by atoms with van der Waals surface area (Å²) in [6.07, 6.45) is 1.45. The largest absolute Gasteiger partial charge is 0.480 e. The highest BCUT2D eigenvalue weighted by Gasteiger charge is 2.15. The summed E-state index contributed by atoms with van der Waals surface area (Å²) in [4.78, 5) is 28.8. The van der Waals surface area contributed by atoms with Gasteiger partial charge in [-0.15, -0.1) is 0 Å². The van der Waals surface area contributed by atoms with Gasteiger partial charge in [-0.1, -0.05) is 54.6 Å². The summed E-state index contributed by atoms with van der Waals surface area (Å²) in [6, 6.07) is 22.8. The van der Waals surface area contributed by atoms with Crippen LogP contribution in [0, 0.1) is 0 Å². The molecule has 0 spiro atoms. The van der Waals surface area contributed by atoms with Gasteiger partial charge in [0, 0.05) is 22.9 Å². The van der Waals surface area contributed by atoms with Gasteiger partial charge in [0.25, 0.3) is 5.56 Å². The third-order valence-corrected chi connectivity index (χ3v) is 5.30. The molecule has 0 radical (unpaired) electrons. The monoisotopic (exact) mass is 425 g/mol. The molecule has 7 heteroatoms. The molecular formula is C25H19N3O4. The van der Waals surface area contributed by atoms with Crippen LogP contribution in [-0.2, 0) is 17.9 Å². The molecule has 2 heterocycles. The summed E-state index contributed by atoms with van der Waals surface area (Å²) in [5.41, 5.74) is 3.06. The van der Waals surface area contributed by atoms with Crippen molar-refractivity contribution in [2.24, 2.45) is 0 Å². The second-order valence-corrected chi connectivity index (χ2v) is 7.43. The molecule has 0 unspecified atom stereocenters. The highest BCUT2D eigenvalue weighted by atomic mass is 16.4. The molecule has 0 saturated carbocycles. The summed E-state index contributed by atoms with van der Waals surface area (Å²) in [5.74, 6) is -0.796. The lowest BCUT2D eigenvalue weighted by atomic mass is 10.1. The van der Waals surface area contributed by atoms with Crippen LogP contribution in [0.15, 0.2) is 88.2 Å². The van der Waals surface area contributed by atoms with Crippen LogP contribution in [0.4, 0.5) is 5.69 Å². The van der Waals surface area contributed by atoms with Crippen LogP contribution in [0.3, 0.4) is 0 Å². The van der Waals surface area contributed by atoms with Crippen LogP contribution in [-0.4, -0.2) is 20.6 Å². The lowest BCUT2D eigenvalue weighted by Gasteiger charge is -2.13. The number of fused-ring (bicyclic) bond motifs is 3.